The molecule has 0 bridgehead atoms. The Morgan fingerprint density at radius 3 is 2.19 bits per heavy atom. The summed E-state index contributed by atoms with van der Waals surface area (Å²) in [5, 5.41) is 7.65. The number of carbonyl (C=O) groups excluding carboxylic acids is 7. The van der Waals surface area contributed by atoms with Crippen LogP contribution in [0, 0.1) is 11.6 Å². The second kappa shape index (κ2) is 18.4. The van der Waals surface area contributed by atoms with Gasteiger partial charge in [0.05, 0.1) is 0 Å². The van der Waals surface area contributed by atoms with E-state index in [1.165, 1.54) is 41.7 Å². The number of nitrogens with one attached hydrogen (secondary N) is 3. The molecular weight excluding hydrogens is 694 g/mol. The minimum atomic E-state index is -1.58. The van der Waals surface area contributed by atoms with Gasteiger partial charge in [-0.15, -0.1) is 0 Å². The van der Waals surface area contributed by atoms with E-state index in [9.17, 15) is 42.3 Å². The van der Waals surface area contributed by atoms with Gasteiger partial charge in [0.2, 0.25) is 35.4 Å². The molecule has 0 radical (unpaired) electrons. The van der Waals surface area contributed by atoms with Gasteiger partial charge in [-0.1, -0.05) is 30.4 Å². The van der Waals surface area contributed by atoms with E-state index in [-0.39, 0.29) is 37.9 Å². The van der Waals surface area contributed by atoms with E-state index in [4.69, 9.17) is 4.74 Å². The molecule has 1 aromatic carbocycles. The Labute approximate surface area is 306 Å². The molecule has 0 unspecified atom stereocenters. The fourth-order valence-corrected chi connectivity index (χ4v) is 6.49. The summed E-state index contributed by atoms with van der Waals surface area (Å²) in [5.74, 6) is -6.80. The summed E-state index contributed by atoms with van der Waals surface area (Å²) in [6.45, 7) is 4.40. The highest BCUT2D eigenvalue weighted by Gasteiger charge is 2.43. The molecule has 14 nitrogen and oxygen atoms in total. The average Bonchev–Trinajstić information content (AvgIpc) is 3.81. The molecule has 3 saturated heterocycles. The lowest BCUT2D eigenvalue weighted by Gasteiger charge is -2.34. The maximum atomic E-state index is 14.2. The molecule has 3 N–H and O–H groups in total. The predicted octanol–water partition coefficient (Wildman–Crippen LogP) is 1.06. The van der Waals surface area contributed by atoms with Gasteiger partial charge in [-0.2, -0.15) is 0 Å². The molecule has 0 saturated carbocycles. The summed E-state index contributed by atoms with van der Waals surface area (Å²) in [7, 11) is 1.41. The summed E-state index contributed by atoms with van der Waals surface area (Å²) >= 11 is 0. The number of hydrogen-bond donors (Lipinski definition) is 3. The van der Waals surface area contributed by atoms with Crippen LogP contribution in [0.2, 0.25) is 0 Å². The number of hydrogen-bond acceptors (Lipinski definition) is 8. The average molecular weight is 741 g/mol. The molecule has 3 aliphatic rings. The lowest BCUT2D eigenvalue weighted by molar-refractivity contribution is -0.158. The summed E-state index contributed by atoms with van der Waals surface area (Å²) in [4.78, 5) is 98.3. The Hall–Kier alpha value is -5.41. The Bertz CT molecular complexity index is 1660. The Morgan fingerprint density at radius 2 is 1.53 bits per heavy atom. The van der Waals surface area contributed by atoms with Crippen LogP contribution >= 0.6 is 0 Å². The molecule has 53 heavy (non-hydrogen) atoms. The van der Waals surface area contributed by atoms with Crippen LogP contribution in [0.1, 0.15) is 52.0 Å². The van der Waals surface area contributed by atoms with Crippen LogP contribution in [0.4, 0.5) is 8.78 Å². The smallest absolute Gasteiger partial charge is 0.328 e. The van der Waals surface area contributed by atoms with E-state index in [0.717, 1.165) is 18.2 Å². The van der Waals surface area contributed by atoms with Crippen molar-refractivity contribution in [3.05, 3.63) is 71.9 Å². The van der Waals surface area contributed by atoms with E-state index in [2.05, 4.69) is 16.0 Å². The number of fused-ring (bicyclic) bond motifs is 2. The third kappa shape index (κ3) is 10.4. The first-order chi connectivity index (χ1) is 25.2. The number of amides is 6. The van der Waals surface area contributed by atoms with Crippen LogP contribution in [-0.4, -0.2) is 119 Å². The van der Waals surface area contributed by atoms with Crippen molar-refractivity contribution in [1.82, 2.24) is 30.7 Å². The number of allylic oxidation sites excluding steroid dienone is 5. The molecule has 0 spiro atoms. The van der Waals surface area contributed by atoms with E-state index >= 15 is 0 Å². The highest BCUT2D eigenvalue weighted by Crippen LogP contribution is 2.23. The maximum Gasteiger partial charge on any atom is 0.328 e. The SMILES string of the molecule is CC=CC=CC=CC(=O)N[C@@H](Cc1cc(F)cc(F)c1)C(=O)N[C@H]1COC(=O)[C@@H]2CCCN2C(=O)[C@H](C)NC(=O)[C@H](C)N(C)C(=O)[C@@H]2CCCN2C1=O. The largest absolute Gasteiger partial charge is 0.461 e. The first kappa shape index (κ1) is 40.4. The van der Waals surface area contributed by atoms with Crippen molar-refractivity contribution in [2.24, 2.45) is 0 Å². The number of ether oxygens (including phenoxy) is 1. The molecule has 0 aromatic heterocycles. The number of halogens is 2. The van der Waals surface area contributed by atoms with Gasteiger partial charge < -0.3 is 35.4 Å². The molecule has 4 rings (SSSR count). The van der Waals surface area contributed by atoms with Crippen molar-refractivity contribution >= 4 is 41.4 Å². The number of nitrogens with zero attached hydrogens (tertiary/aromatic N) is 3. The zero-order valence-corrected chi connectivity index (χ0v) is 30.2. The molecule has 16 heteroatoms. The lowest BCUT2D eigenvalue weighted by Crippen LogP contribution is -2.60. The third-order valence-corrected chi connectivity index (χ3v) is 9.44. The van der Waals surface area contributed by atoms with Crippen LogP contribution in [0.25, 0.3) is 0 Å². The standard InChI is InChI=1S/C37H46F2N6O8/c1-5-6-7-8-9-14-31(46)41-27(19-24-17-25(38)20-26(39)18-24)33(48)42-28-21-53-37(52)30-13-11-16-45(30)34(49)22(2)40-32(47)23(3)43(4)36(51)29-12-10-15-44(29)35(28)50/h5-9,14,17-18,20,22-23,27-30H,10-13,15-16,19,21H2,1-4H3,(H,40,47)(H,41,46)(H,42,48)/t22-,23-,27-,28-,29-,30-/m0/s1. The van der Waals surface area contributed by atoms with Gasteiger partial charge in [-0.25, -0.2) is 13.6 Å². The monoisotopic (exact) mass is 740 g/mol. The maximum absolute atomic E-state index is 14.2. The van der Waals surface area contributed by atoms with E-state index in [0.29, 0.717) is 18.9 Å². The van der Waals surface area contributed by atoms with Gasteiger partial charge in [0.1, 0.15) is 54.5 Å². The number of esters is 1. The minimum absolute atomic E-state index is 0.0299. The first-order valence-electron chi connectivity index (χ1n) is 17.6. The quantitative estimate of drug-likeness (QED) is 0.202. The highest BCUT2D eigenvalue weighted by molar-refractivity contribution is 5.98. The van der Waals surface area contributed by atoms with Crippen LogP contribution in [0.15, 0.2) is 54.7 Å². The Kier molecular flexibility index (Phi) is 14.0. The molecule has 6 amide bonds. The van der Waals surface area contributed by atoms with E-state index in [1.807, 2.05) is 6.92 Å². The highest BCUT2D eigenvalue weighted by atomic mass is 19.1. The van der Waals surface area contributed by atoms with Crippen molar-refractivity contribution in [3.8, 4) is 0 Å². The summed E-state index contributed by atoms with van der Waals surface area (Å²) in [6, 6.07) is -4.50. The summed E-state index contributed by atoms with van der Waals surface area (Å²) in [5.41, 5.74) is 0.0299. The van der Waals surface area contributed by atoms with Crippen molar-refractivity contribution in [2.75, 3.05) is 26.7 Å². The topological polar surface area (TPSA) is 175 Å². The normalized spacial score (nSPS) is 25.5. The molecule has 0 aliphatic carbocycles. The summed E-state index contributed by atoms with van der Waals surface area (Å²) in [6.07, 6.45) is 10.3. The fourth-order valence-electron chi connectivity index (χ4n) is 6.49. The summed E-state index contributed by atoms with van der Waals surface area (Å²) < 4.78 is 33.8. The van der Waals surface area contributed by atoms with Crippen LogP contribution in [0.5, 0.6) is 0 Å². The van der Waals surface area contributed by atoms with Crippen molar-refractivity contribution in [2.45, 2.75) is 89.1 Å². The first-order valence-corrected chi connectivity index (χ1v) is 17.6. The second-order valence-electron chi connectivity index (χ2n) is 13.2. The van der Waals surface area contributed by atoms with Gasteiger partial charge in [0.25, 0.3) is 0 Å². The zero-order chi connectivity index (χ0) is 38.8. The van der Waals surface area contributed by atoms with Crippen LogP contribution in [0.3, 0.4) is 0 Å². The molecule has 286 valence electrons. The number of carbonyl (C=O) groups is 7. The zero-order valence-electron chi connectivity index (χ0n) is 30.2. The van der Waals surface area contributed by atoms with Crippen molar-refractivity contribution in [1.29, 1.82) is 0 Å². The third-order valence-electron chi connectivity index (χ3n) is 9.44. The molecule has 3 fully saturated rings. The van der Waals surface area contributed by atoms with Crippen molar-refractivity contribution in [3.63, 3.8) is 0 Å². The number of cyclic esters (lactones) is 1. The molecule has 3 aliphatic heterocycles. The van der Waals surface area contributed by atoms with Gasteiger partial charge >= 0.3 is 5.97 Å². The number of benzene rings is 1. The number of likely N-dealkylation sites (N-methyl/N-ethyl adjacent to an activating group) is 1. The van der Waals surface area contributed by atoms with Crippen LogP contribution in [-0.2, 0) is 44.7 Å². The minimum Gasteiger partial charge on any atom is -0.461 e. The lowest BCUT2D eigenvalue weighted by atomic mass is 10.0. The Morgan fingerprint density at radius 1 is 0.906 bits per heavy atom. The molecule has 3 heterocycles. The molecule has 6 atom stereocenters. The van der Waals surface area contributed by atoms with Gasteiger partial charge in [0.15, 0.2) is 0 Å². The van der Waals surface area contributed by atoms with E-state index in [1.54, 1.807) is 24.3 Å². The molecule has 1 aromatic rings. The fraction of sp³-hybridized carbons (Fsp3) is 0.486. The van der Waals surface area contributed by atoms with Gasteiger partial charge in [0, 0.05) is 38.7 Å². The van der Waals surface area contributed by atoms with Crippen molar-refractivity contribution < 1.29 is 47.1 Å². The Balaban J connectivity index is 1.67. The van der Waals surface area contributed by atoms with E-state index < -0.39 is 95.9 Å². The van der Waals surface area contributed by atoms with Crippen LogP contribution < -0.4 is 16.0 Å². The molecular formula is C37H46F2N6O8. The van der Waals surface area contributed by atoms with Gasteiger partial charge in [-0.05, 0) is 64.2 Å². The number of rotatable bonds is 8. The van der Waals surface area contributed by atoms with Gasteiger partial charge in [-0.3, -0.25) is 28.8 Å². The second-order valence-corrected chi connectivity index (χ2v) is 13.2. The predicted molar refractivity (Wildman–Crippen MR) is 187 cm³/mol.